The fraction of sp³-hybridized carbons (Fsp3) is 0.333. The van der Waals surface area contributed by atoms with Crippen LogP contribution >= 0.6 is 12.4 Å². The summed E-state index contributed by atoms with van der Waals surface area (Å²) in [5, 5.41) is 17.3. The van der Waals surface area contributed by atoms with Crippen molar-refractivity contribution < 1.29 is 22.7 Å². The summed E-state index contributed by atoms with van der Waals surface area (Å²) in [4.78, 5) is -0.195. The minimum Gasteiger partial charge on any atom is -0.453 e. The Morgan fingerprint density at radius 3 is 2.68 bits per heavy atom. The maximum Gasteiger partial charge on any atom is 0.415 e. The molecule has 0 aliphatic heterocycles. The Balaban J connectivity index is 0.00000242. The molecule has 0 saturated heterocycles. The molecule has 1 heterocycles. The summed E-state index contributed by atoms with van der Waals surface area (Å²) in [6, 6.07) is 7.55. The average Bonchev–Trinajstić information content (AvgIpc) is 2.86. The van der Waals surface area contributed by atoms with Crippen molar-refractivity contribution in [3.63, 3.8) is 0 Å². The van der Waals surface area contributed by atoms with Crippen molar-refractivity contribution in [2.24, 2.45) is 0 Å². The first-order valence-electron chi connectivity index (χ1n) is 6.30. The molecule has 0 radical (unpaired) electrons. The summed E-state index contributed by atoms with van der Waals surface area (Å²) in [5.41, 5.74) is 0. The molecular formula is C12H16ClN3O5S. The summed E-state index contributed by atoms with van der Waals surface area (Å²) in [6.45, 7) is 3.33. The number of halogens is 1. The fourth-order valence-corrected chi connectivity index (χ4v) is 2.93. The van der Waals surface area contributed by atoms with Gasteiger partial charge >= 0.3 is 10.9 Å². The van der Waals surface area contributed by atoms with Crippen LogP contribution in [0, 0.1) is 5.21 Å². The van der Waals surface area contributed by atoms with Gasteiger partial charge in [-0.05, 0) is 23.6 Å². The molecule has 0 atom stereocenters. The maximum absolute atomic E-state index is 12.4. The van der Waals surface area contributed by atoms with Crippen LogP contribution < -0.4 is 15.0 Å². The van der Waals surface area contributed by atoms with Gasteiger partial charge in [0.1, 0.15) is 6.61 Å². The molecule has 0 spiro atoms. The molecule has 0 amide bonds. The largest absolute Gasteiger partial charge is 0.453 e. The van der Waals surface area contributed by atoms with Crippen LogP contribution in [0.1, 0.15) is 6.92 Å². The van der Waals surface area contributed by atoms with Crippen molar-refractivity contribution in [1.29, 1.82) is 0 Å². The van der Waals surface area contributed by atoms with Gasteiger partial charge in [-0.2, -0.15) is 0 Å². The molecule has 8 nitrogen and oxygen atoms in total. The highest BCUT2D eigenvalue weighted by Gasteiger charge is 2.35. The number of sulfone groups is 1. The van der Waals surface area contributed by atoms with Crippen LogP contribution in [0.4, 0.5) is 0 Å². The van der Waals surface area contributed by atoms with Gasteiger partial charge in [-0.25, -0.2) is 8.42 Å². The van der Waals surface area contributed by atoms with Gasteiger partial charge < -0.3 is 15.3 Å². The van der Waals surface area contributed by atoms with Gasteiger partial charge in [0.25, 0.3) is 9.84 Å². The summed E-state index contributed by atoms with van der Waals surface area (Å²) >= 11 is 0. The van der Waals surface area contributed by atoms with Gasteiger partial charge in [0, 0.05) is 6.54 Å². The van der Waals surface area contributed by atoms with E-state index in [9.17, 15) is 13.6 Å². The van der Waals surface area contributed by atoms with E-state index in [4.69, 9.17) is 4.74 Å². The van der Waals surface area contributed by atoms with Crippen LogP contribution in [0.2, 0.25) is 0 Å². The molecule has 22 heavy (non-hydrogen) atoms. The van der Waals surface area contributed by atoms with E-state index in [2.05, 4.69) is 15.1 Å². The summed E-state index contributed by atoms with van der Waals surface area (Å²) in [7, 11) is -4.05. The Bertz CT molecular complexity index is 690. The van der Waals surface area contributed by atoms with Crippen LogP contribution in [-0.4, -0.2) is 33.3 Å². The average molecular weight is 350 g/mol. The summed E-state index contributed by atoms with van der Waals surface area (Å²) in [6.07, 6.45) is 0. The maximum atomic E-state index is 12.4. The van der Waals surface area contributed by atoms with Gasteiger partial charge in [-0.3, -0.25) is 4.63 Å². The van der Waals surface area contributed by atoms with Crippen LogP contribution in [0.5, 0.6) is 5.88 Å². The SMILES string of the molecule is CCNCCOc1no[n+]([O-])c1S(=O)(=O)c1ccccc1.Cl. The zero-order valence-electron chi connectivity index (χ0n) is 11.8. The molecule has 2 rings (SSSR count). The van der Waals surface area contributed by atoms with E-state index < -0.39 is 14.9 Å². The molecule has 1 N–H and O–H groups in total. The van der Waals surface area contributed by atoms with Crippen LogP contribution in [0.15, 0.2) is 44.9 Å². The number of hydrogen-bond acceptors (Lipinski definition) is 7. The van der Waals surface area contributed by atoms with Crippen LogP contribution in [0.25, 0.3) is 0 Å². The number of hydrogen-bond donors (Lipinski definition) is 1. The van der Waals surface area contributed by atoms with Gasteiger partial charge in [0.05, 0.1) is 10.1 Å². The molecule has 2 aromatic rings. The third-order valence-electron chi connectivity index (χ3n) is 2.62. The second kappa shape index (κ2) is 7.97. The molecule has 0 aliphatic carbocycles. The Morgan fingerprint density at radius 2 is 2.05 bits per heavy atom. The summed E-state index contributed by atoms with van der Waals surface area (Å²) in [5.74, 6) is -0.341. The minimum atomic E-state index is -4.05. The lowest BCUT2D eigenvalue weighted by Gasteiger charge is -2.03. The molecular weight excluding hydrogens is 334 g/mol. The summed E-state index contributed by atoms with van der Waals surface area (Å²) < 4.78 is 34.4. The standard InChI is InChI=1S/C12H15N3O5S.ClH/c1-2-13-8-9-19-11-12(15(16)20-14-11)21(17,18)10-6-4-3-5-7-10;/h3-7,13H,2,8-9H2,1H3;1H. The molecule has 0 bridgehead atoms. The predicted octanol–water partition coefficient (Wildman–Crippen LogP) is 0.551. The monoisotopic (exact) mass is 349 g/mol. The van der Waals surface area contributed by atoms with E-state index in [-0.39, 0.29) is 34.7 Å². The number of rotatable bonds is 7. The molecule has 1 aromatic heterocycles. The Labute approximate surface area is 133 Å². The van der Waals surface area contributed by atoms with Crippen molar-refractivity contribution in [1.82, 2.24) is 10.5 Å². The van der Waals surface area contributed by atoms with Crippen molar-refractivity contribution in [3.05, 3.63) is 35.5 Å². The third kappa shape index (κ3) is 3.87. The number of aromatic nitrogens is 2. The highest BCUT2D eigenvalue weighted by Crippen LogP contribution is 2.24. The fourth-order valence-electron chi connectivity index (χ4n) is 1.64. The van der Waals surface area contributed by atoms with Crippen molar-refractivity contribution in [2.75, 3.05) is 19.7 Å². The van der Waals surface area contributed by atoms with E-state index in [1.54, 1.807) is 18.2 Å². The molecule has 122 valence electrons. The van der Waals surface area contributed by atoms with Crippen LogP contribution in [-0.2, 0) is 9.84 Å². The lowest BCUT2D eigenvalue weighted by Crippen LogP contribution is -2.31. The van der Waals surface area contributed by atoms with Gasteiger partial charge in [-0.15, -0.1) is 12.4 Å². The number of likely N-dealkylation sites (N-methyl/N-ethyl adjacent to an activating group) is 1. The number of benzene rings is 1. The van der Waals surface area contributed by atoms with Crippen molar-refractivity contribution >= 4 is 22.2 Å². The third-order valence-corrected chi connectivity index (χ3v) is 4.35. The molecule has 10 heteroatoms. The van der Waals surface area contributed by atoms with E-state index in [0.29, 0.717) is 6.54 Å². The molecule has 1 aromatic carbocycles. The van der Waals surface area contributed by atoms with Crippen molar-refractivity contribution in [2.45, 2.75) is 16.8 Å². The molecule has 0 aliphatic rings. The van der Waals surface area contributed by atoms with Crippen LogP contribution in [0.3, 0.4) is 0 Å². The second-order valence-electron chi connectivity index (χ2n) is 4.06. The Kier molecular flexibility index (Phi) is 6.60. The number of ether oxygens (including phenoxy) is 1. The smallest absolute Gasteiger partial charge is 0.415 e. The Hall–Kier alpha value is -1.84. The van der Waals surface area contributed by atoms with E-state index in [1.807, 2.05) is 6.92 Å². The normalized spacial score (nSPS) is 11.0. The lowest BCUT2D eigenvalue weighted by atomic mass is 10.4. The van der Waals surface area contributed by atoms with Crippen molar-refractivity contribution in [3.8, 4) is 5.88 Å². The van der Waals surface area contributed by atoms with E-state index in [0.717, 1.165) is 6.54 Å². The van der Waals surface area contributed by atoms with E-state index in [1.165, 1.54) is 12.1 Å². The van der Waals surface area contributed by atoms with Gasteiger partial charge in [-0.1, -0.05) is 25.1 Å². The topological polar surface area (TPSA) is 108 Å². The van der Waals surface area contributed by atoms with Gasteiger partial charge in [0.15, 0.2) is 0 Å². The number of nitrogens with one attached hydrogen (secondary N) is 1. The first-order chi connectivity index (χ1) is 10.1. The quantitative estimate of drug-likeness (QED) is 0.574. The number of nitrogens with zero attached hydrogens (tertiary/aromatic N) is 2. The minimum absolute atomic E-state index is 0. The van der Waals surface area contributed by atoms with E-state index >= 15 is 0 Å². The zero-order chi connectivity index (χ0) is 15.3. The Morgan fingerprint density at radius 1 is 1.36 bits per heavy atom. The first kappa shape index (κ1) is 18.2. The zero-order valence-corrected chi connectivity index (χ0v) is 13.4. The molecule has 0 fully saturated rings. The first-order valence-corrected chi connectivity index (χ1v) is 7.79. The highest BCUT2D eigenvalue weighted by molar-refractivity contribution is 7.91. The van der Waals surface area contributed by atoms with Gasteiger partial charge in [0.2, 0.25) is 0 Å². The second-order valence-corrected chi connectivity index (χ2v) is 5.92. The highest BCUT2D eigenvalue weighted by atomic mass is 35.5. The molecule has 0 saturated carbocycles. The lowest BCUT2D eigenvalue weighted by molar-refractivity contribution is -0.832. The molecule has 0 unspecified atom stereocenters. The predicted molar refractivity (Wildman–Crippen MR) is 78.6 cm³/mol.